The first-order valence-electron chi connectivity index (χ1n) is 4.06. The normalized spacial score (nSPS) is 12.7. The van der Waals surface area contributed by atoms with E-state index in [2.05, 4.69) is 6.07 Å². The van der Waals surface area contributed by atoms with Crippen molar-refractivity contribution >= 4 is 29.1 Å². The molecule has 1 aromatic rings. The molecule has 0 spiro atoms. The van der Waals surface area contributed by atoms with Crippen LogP contribution in [0.1, 0.15) is 13.3 Å². The third-order valence-corrected chi connectivity index (χ3v) is 3.99. The fourth-order valence-electron chi connectivity index (χ4n) is 0.927. The van der Waals surface area contributed by atoms with E-state index in [-0.39, 0.29) is 12.3 Å². The van der Waals surface area contributed by atoms with Gasteiger partial charge in [0.05, 0.1) is 4.21 Å². The molecule has 72 valence electrons. The zero-order valence-corrected chi connectivity index (χ0v) is 9.03. The molecule has 4 heteroatoms. The van der Waals surface area contributed by atoms with E-state index in [4.69, 9.17) is 5.11 Å². The van der Waals surface area contributed by atoms with Gasteiger partial charge in [0.1, 0.15) is 0 Å². The molecular weight excluding hydrogens is 204 g/mol. The second-order valence-electron chi connectivity index (χ2n) is 2.95. The van der Waals surface area contributed by atoms with Gasteiger partial charge in [-0.3, -0.25) is 4.79 Å². The van der Waals surface area contributed by atoms with Gasteiger partial charge in [0.2, 0.25) is 0 Å². The van der Waals surface area contributed by atoms with Gasteiger partial charge in [0.25, 0.3) is 0 Å². The smallest absolute Gasteiger partial charge is 0.303 e. The summed E-state index contributed by atoms with van der Waals surface area (Å²) >= 11 is 3.43. The molecule has 0 aliphatic rings. The molecule has 0 aliphatic heterocycles. The molecule has 0 saturated heterocycles. The Kier molecular flexibility index (Phi) is 4.32. The van der Waals surface area contributed by atoms with Crippen molar-refractivity contribution in [1.29, 1.82) is 0 Å². The van der Waals surface area contributed by atoms with E-state index in [1.165, 1.54) is 4.21 Å². The quantitative estimate of drug-likeness (QED) is 0.769. The maximum atomic E-state index is 10.4. The van der Waals surface area contributed by atoms with Crippen molar-refractivity contribution in [1.82, 2.24) is 0 Å². The number of rotatable bonds is 5. The first kappa shape index (κ1) is 10.6. The summed E-state index contributed by atoms with van der Waals surface area (Å²) in [5.74, 6) is 0.413. The Morgan fingerprint density at radius 1 is 1.77 bits per heavy atom. The Labute approximate surface area is 86.0 Å². The summed E-state index contributed by atoms with van der Waals surface area (Å²) in [6.45, 7) is 1.97. The van der Waals surface area contributed by atoms with Crippen LogP contribution < -0.4 is 0 Å². The molecule has 1 aromatic heterocycles. The Morgan fingerprint density at radius 3 is 3.08 bits per heavy atom. The highest BCUT2D eigenvalue weighted by Gasteiger charge is 2.07. The van der Waals surface area contributed by atoms with Gasteiger partial charge < -0.3 is 5.11 Å². The monoisotopic (exact) mass is 216 g/mol. The summed E-state index contributed by atoms with van der Waals surface area (Å²) in [4.78, 5) is 10.4. The summed E-state index contributed by atoms with van der Waals surface area (Å²) in [6, 6.07) is 4.07. The number of aliphatic carboxylic acids is 1. The lowest BCUT2D eigenvalue weighted by molar-refractivity contribution is -0.137. The Bertz CT molecular complexity index is 257. The van der Waals surface area contributed by atoms with E-state index >= 15 is 0 Å². The van der Waals surface area contributed by atoms with Gasteiger partial charge in [-0.25, -0.2) is 0 Å². The lowest BCUT2D eigenvalue weighted by Crippen LogP contribution is -2.05. The van der Waals surface area contributed by atoms with Crippen molar-refractivity contribution in [3.8, 4) is 0 Å². The molecule has 1 rings (SSSR count). The van der Waals surface area contributed by atoms with Crippen LogP contribution in [0.5, 0.6) is 0 Å². The van der Waals surface area contributed by atoms with Gasteiger partial charge in [-0.1, -0.05) is 13.0 Å². The molecule has 0 bridgehead atoms. The van der Waals surface area contributed by atoms with E-state index in [9.17, 15) is 4.79 Å². The summed E-state index contributed by atoms with van der Waals surface area (Å²) in [7, 11) is 0. The molecule has 2 nitrogen and oxygen atoms in total. The Balaban J connectivity index is 2.22. The molecule has 0 radical (unpaired) electrons. The Morgan fingerprint density at radius 2 is 2.54 bits per heavy atom. The van der Waals surface area contributed by atoms with E-state index in [0.717, 1.165) is 5.75 Å². The highest BCUT2D eigenvalue weighted by Crippen LogP contribution is 2.25. The predicted octanol–water partition coefficient (Wildman–Crippen LogP) is 2.95. The van der Waals surface area contributed by atoms with E-state index < -0.39 is 5.97 Å². The number of thioether (sulfide) groups is 1. The SMILES string of the molecule is CC(CSc1cccs1)CC(=O)O. The molecule has 0 saturated carbocycles. The molecule has 0 aliphatic carbocycles. The van der Waals surface area contributed by atoms with Gasteiger partial charge in [-0.05, 0) is 17.4 Å². The van der Waals surface area contributed by atoms with Crippen LogP contribution in [-0.2, 0) is 4.79 Å². The van der Waals surface area contributed by atoms with Gasteiger partial charge in [-0.15, -0.1) is 23.1 Å². The van der Waals surface area contributed by atoms with Crippen molar-refractivity contribution in [2.75, 3.05) is 5.75 Å². The molecule has 1 unspecified atom stereocenters. The van der Waals surface area contributed by atoms with Crippen molar-refractivity contribution < 1.29 is 9.90 Å². The topological polar surface area (TPSA) is 37.3 Å². The van der Waals surface area contributed by atoms with E-state index in [0.29, 0.717) is 0 Å². The third kappa shape index (κ3) is 4.33. The fraction of sp³-hybridized carbons (Fsp3) is 0.444. The molecule has 13 heavy (non-hydrogen) atoms. The number of hydrogen-bond acceptors (Lipinski definition) is 3. The average Bonchev–Trinajstić information content (AvgIpc) is 2.51. The minimum absolute atomic E-state index is 0.240. The molecular formula is C9H12O2S2. The summed E-state index contributed by atoms with van der Waals surface area (Å²) in [5.41, 5.74) is 0. The third-order valence-electron chi connectivity index (χ3n) is 1.53. The second kappa shape index (κ2) is 5.29. The molecule has 1 N–H and O–H groups in total. The van der Waals surface area contributed by atoms with Crippen LogP contribution >= 0.6 is 23.1 Å². The number of thiophene rings is 1. The lowest BCUT2D eigenvalue weighted by Gasteiger charge is -2.05. The Hall–Kier alpha value is -0.480. The van der Waals surface area contributed by atoms with Crippen LogP contribution in [0, 0.1) is 5.92 Å². The average molecular weight is 216 g/mol. The molecule has 0 fully saturated rings. The lowest BCUT2D eigenvalue weighted by atomic mass is 10.1. The van der Waals surface area contributed by atoms with Crippen LogP contribution in [0.3, 0.4) is 0 Å². The van der Waals surface area contributed by atoms with E-state index in [1.54, 1.807) is 23.1 Å². The van der Waals surface area contributed by atoms with Crippen molar-refractivity contribution in [3.05, 3.63) is 17.5 Å². The number of carboxylic acid groups (broad SMARTS) is 1. The van der Waals surface area contributed by atoms with Crippen LogP contribution in [0.2, 0.25) is 0 Å². The van der Waals surface area contributed by atoms with Gasteiger partial charge in [0, 0.05) is 12.2 Å². The maximum Gasteiger partial charge on any atom is 0.303 e. The number of carboxylic acids is 1. The predicted molar refractivity (Wildman–Crippen MR) is 56.5 cm³/mol. The highest BCUT2D eigenvalue weighted by molar-refractivity contribution is 8.01. The standard InChI is InChI=1S/C9H12O2S2/c1-7(5-8(10)11)6-13-9-3-2-4-12-9/h2-4,7H,5-6H2,1H3,(H,10,11). The number of carbonyl (C=O) groups is 1. The summed E-state index contributed by atoms with van der Waals surface area (Å²) < 4.78 is 1.26. The zero-order chi connectivity index (χ0) is 9.68. The van der Waals surface area contributed by atoms with Crippen LogP contribution in [-0.4, -0.2) is 16.8 Å². The second-order valence-corrected chi connectivity index (χ2v) is 5.21. The summed E-state index contributed by atoms with van der Waals surface area (Å²) in [6.07, 6.45) is 0.262. The number of hydrogen-bond donors (Lipinski definition) is 1. The van der Waals surface area contributed by atoms with Crippen LogP contribution in [0.4, 0.5) is 0 Å². The largest absolute Gasteiger partial charge is 0.481 e. The first-order valence-corrected chi connectivity index (χ1v) is 5.93. The van der Waals surface area contributed by atoms with Crippen molar-refractivity contribution in [2.24, 2.45) is 5.92 Å². The van der Waals surface area contributed by atoms with Gasteiger partial charge >= 0.3 is 5.97 Å². The zero-order valence-electron chi connectivity index (χ0n) is 7.40. The van der Waals surface area contributed by atoms with Crippen LogP contribution in [0.25, 0.3) is 0 Å². The molecule has 1 atom stereocenters. The van der Waals surface area contributed by atoms with Crippen molar-refractivity contribution in [2.45, 2.75) is 17.6 Å². The highest BCUT2D eigenvalue weighted by atomic mass is 32.2. The molecule has 0 aromatic carbocycles. The minimum Gasteiger partial charge on any atom is -0.481 e. The minimum atomic E-state index is -0.709. The van der Waals surface area contributed by atoms with Crippen molar-refractivity contribution in [3.63, 3.8) is 0 Å². The molecule has 1 heterocycles. The van der Waals surface area contributed by atoms with Crippen LogP contribution in [0.15, 0.2) is 21.7 Å². The maximum absolute atomic E-state index is 10.4. The van der Waals surface area contributed by atoms with Gasteiger partial charge in [-0.2, -0.15) is 0 Å². The summed E-state index contributed by atoms with van der Waals surface area (Å²) in [5, 5.41) is 10.6. The molecule has 0 amide bonds. The fourth-order valence-corrected chi connectivity index (χ4v) is 2.76. The van der Waals surface area contributed by atoms with E-state index in [1.807, 2.05) is 18.4 Å². The first-order chi connectivity index (χ1) is 6.18. The van der Waals surface area contributed by atoms with Gasteiger partial charge in [0.15, 0.2) is 0 Å².